The molecule has 5 nitrogen and oxygen atoms in total. The number of nitrogens with zero attached hydrogens (tertiary/aromatic N) is 3. The van der Waals surface area contributed by atoms with Gasteiger partial charge in [0.2, 0.25) is 0 Å². The fourth-order valence-electron chi connectivity index (χ4n) is 2.02. The van der Waals surface area contributed by atoms with Crippen molar-refractivity contribution in [2.24, 2.45) is 0 Å². The van der Waals surface area contributed by atoms with Crippen LogP contribution in [0.3, 0.4) is 0 Å². The van der Waals surface area contributed by atoms with Gasteiger partial charge in [0.05, 0.1) is 36.1 Å². The van der Waals surface area contributed by atoms with E-state index in [-0.39, 0.29) is 6.04 Å². The van der Waals surface area contributed by atoms with Crippen LogP contribution in [-0.2, 0) is 11.3 Å². The molecule has 1 unspecified atom stereocenters. The van der Waals surface area contributed by atoms with E-state index in [0.717, 1.165) is 38.4 Å². The molecule has 0 aliphatic rings. The zero-order valence-electron chi connectivity index (χ0n) is 13.0. The van der Waals surface area contributed by atoms with Gasteiger partial charge in [-0.15, -0.1) is 0 Å². The Morgan fingerprint density at radius 2 is 2.20 bits per heavy atom. The predicted molar refractivity (Wildman–Crippen MR) is 83.3 cm³/mol. The van der Waals surface area contributed by atoms with Crippen molar-refractivity contribution in [1.29, 1.82) is 0 Å². The van der Waals surface area contributed by atoms with E-state index in [1.807, 2.05) is 4.68 Å². The van der Waals surface area contributed by atoms with Crippen LogP contribution in [0.4, 0.5) is 0 Å². The standard InChI is InChI=1S/C14H27ClN4O/c1-5-9-20-11-13(16-6-2)14-12(15)10-17-19(14)8-7-18(3)4/h10,13,16H,5-9,11H2,1-4H3. The molecule has 0 radical (unpaired) electrons. The number of halogens is 1. The van der Waals surface area contributed by atoms with Crippen LogP contribution in [0, 0.1) is 0 Å². The molecular weight excluding hydrogens is 276 g/mol. The fraction of sp³-hybridized carbons (Fsp3) is 0.786. The van der Waals surface area contributed by atoms with E-state index in [9.17, 15) is 0 Å². The first-order valence-corrected chi connectivity index (χ1v) is 7.65. The van der Waals surface area contributed by atoms with Gasteiger partial charge in [-0.05, 0) is 27.1 Å². The summed E-state index contributed by atoms with van der Waals surface area (Å²) in [6.07, 6.45) is 2.74. The average Bonchev–Trinajstić information content (AvgIpc) is 2.77. The summed E-state index contributed by atoms with van der Waals surface area (Å²) in [4.78, 5) is 2.13. The van der Waals surface area contributed by atoms with E-state index in [2.05, 4.69) is 43.3 Å². The van der Waals surface area contributed by atoms with Crippen molar-refractivity contribution in [1.82, 2.24) is 20.0 Å². The lowest BCUT2D eigenvalue weighted by Crippen LogP contribution is -2.29. The topological polar surface area (TPSA) is 42.3 Å². The molecule has 1 aromatic rings. The molecule has 0 aliphatic heterocycles. The normalized spacial score (nSPS) is 13.1. The molecule has 6 heteroatoms. The maximum absolute atomic E-state index is 6.31. The SMILES string of the molecule is CCCOCC(NCC)c1c(Cl)cnn1CCN(C)C. The van der Waals surface area contributed by atoms with Crippen LogP contribution in [-0.4, -0.2) is 55.1 Å². The van der Waals surface area contributed by atoms with Gasteiger partial charge in [0.25, 0.3) is 0 Å². The zero-order chi connectivity index (χ0) is 15.0. The highest BCUT2D eigenvalue weighted by Crippen LogP contribution is 2.23. The number of nitrogens with one attached hydrogen (secondary N) is 1. The molecule has 1 atom stereocenters. The lowest BCUT2D eigenvalue weighted by atomic mass is 10.2. The van der Waals surface area contributed by atoms with Gasteiger partial charge in [0.1, 0.15) is 0 Å². The molecule has 20 heavy (non-hydrogen) atoms. The zero-order valence-corrected chi connectivity index (χ0v) is 13.8. The second-order valence-corrected chi connectivity index (χ2v) is 5.50. The van der Waals surface area contributed by atoms with E-state index in [0.29, 0.717) is 11.6 Å². The molecule has 0 aliphatic carbocycles. The number of rotatable bonds is 10. The van der Waals surface area contributed by atoms with E-state index in [4.69, 9.17) is 16.3 Å². The highest BCUT2D eigenvalue weighted by atomic mass is 35.5. The van der Waals surface area contributed by atoms with Crippen molar-refractivity contribution in [2.45, 2.75) is 32.9 Å². The summed E-state index contributed by atoms with van der Waals surface area (Å²) in [6, 6.07) is 0.0868. The highest BCUT2D eigenvalue weighted by molar-refractivity contribution is 6.31. The van der Waals surface area contributed by atoms with Crippen molar-refractivity contribution in [3.05, 3.63) is 16.9 Å². The predicted octanol–water partition coefficient (Wildman–Crippen LogP) is 2.18. The lowest BCUT2D eigenvalue weighted by molar-refractivity contribution is 0.110. The molecule has 1 aromatic heterocycles. The van der Waals surface area contributed by atoms with Crippen LogP contribution in [0.5, 0.6) is 0 Å². The van der Waals surface area contributed by atoms with Crippen LogP contribution in [0.15, 0.2) is 6.20 Å². The summed E-state index contributed by atoms with van der Waals surface area (Å²) in [7, 11) is 4.10. The van der Waals surface area contributed by atoms with E-state index >= 15 is 0 Å². The Hall–Kier alpha value is -0.620. The van der Waals surface area contributed by atoms with Crippen molar-refractivity contribution < 1.29 is 4.74 Å². The van der Waals surface area contributed by atoms with Gasteiger partial charge in [0, 0.05) is 13.2 Å². The van der Waals surface area contributed by atoms with Crippen LogP contribution in [0.1, 0.15) is 32.0 Å². The molecule has 0 fully saturated rings. The first kappa shape index (κ1) is 17.4. The highest BCUT2D eigenvalue weighted by Gasteiger charge is 2.20. The molecule has 0 spiro atoms. The second kappa shape index (κ2) is 9.34. The maximum Gasteiger partial charge on any atom is 0.0835 e. The number of hydrogen-bond donors (Lipinski definition) is 1. The van der Waals surface area contributed by atoms with Gasteiger partial charge >= 0.3 is 0 Å². The van der Waals surface area contributed by atoms with Gasteiger partial charge in [-0.2, -0.15) is 5.10 Å². The number of aromatic nitrogens is 2. The Labute approximate surface area is 127 Å². The summed E-state index contributed by atoms with van der Waals surface area (Å²) in [5.41, 5.74) is 1.02. The third-order valence-electron chi connectivity index (χ3n) is 3.01. The molecule has 0 amide bonds. The van der Waals surface area contributed by atoms with Crippen LogP contribution < -0.4 is 5.32 Å². The lowest BCUT2D eigenvalue weighted by Gasteiger charge is -2.21. The summed E-state index contributed by atoms with van der Waals surface area (Å²) in [6.45, 7) is 8.21. The summed E-state index contributed by atoms with van der Waals surface area (Å²) in [5, 5.41) is 8.51. The molecule has 0 aromatic carbocycles. The van der Waals surface area contributed by atoms with E-state index < -0.39 is 0 Å². The number of ether oxygens (including phenoxy) is 1. The smallest absolute Gasteiger partial charge is 0.0835 e. The molecule has 1 N–H and O–H groups in total. The van der Waals surface area contributed by atoms with E-state index in [1.165, 1.54) is 0 Å². The molecule has 1 heterocycles. The van der Waals surface area contributed by atoms with Gasteiger partial charge < -0.3 is 15.0 Å². The van der Waals surface area contributed by atoms with Gasteiger partial charge in [-0.3, -0.25) is 4.68 Å². The quantitative estimate of drug-likeness (QED) is 0.673. The molecule has 116 valence electrons. The number of likely N-dealkylation sites (N-methyl/N-ethyl adjacent to an activating group) is 2. The Kier molecular flexibility index (Phi) is 8.14. The largest absolute Gasteiger partial charge is 0.379 e. The Morgan fingerprint density at radius 3 is 2.80 bits per heavy atom. The van der Waals surface area contributed by atoms with E-state index in [1.54, 1.807) is 6.20 Å². The monoisotopic (exact) mass is 302 g/mol. The van der Waals surface area contributed by atoms with Crippen molar-refractivity contribution in [2.75, 3.05) is 40.4 Å². The van der Waals surface area contributed by atoms with Gasteiger partial charge in [-0.1, -0.05) is 25.4 Å². The first-order chi connectivity index (χ1) is 9.60. The molecule has 0 saturated carbocycles. The van der Waals surface area contributed by atoms with Crippen molar-refractivity contribution >= 4 is 11.6 Å². The third kappa shape index (κ3) is 5.40. The third-order valence-corrected chi connectivity index (χ3v) is 3.30. The summed E-state index contributed by atoms with van der Waals surface area (Å²) < 4.78 is 7.66. The van der Waals surface area contributed by atoms with Crippen LogP contribution >= 0.6 is 11.6 Å². The molecule has 0 bridgehead atoms. The summed E-state index contributed by atoms with van der Waals surface area (Å²) >= 11 is 6.31. The minimum Gasteiger partial charge on any atom is -0.379 e. The maximum atomic E-state index is 6.31. The minimum atomic E-state index is 0.0868. The van der Waals surface area contributed by atoms with Gasteiger partial charge in [0.15, 0.2) is 0 Å². The Balaban J connectivity index is 2.79. The molecule has 1 rings (SSSR count). The first-order valence-electron chi connectivity index (χ1n) is 7.27. The minimum absolute atomic E-state index is 0.0868. The Bertz CT molecular complexity index is 381. The molecule has 0 saturated heterocycles. The Morgan fingerprint density at radius 1 is 1.45 bits per heavy atom. The average molecular weight is 303 g/mol. The fourth-order valence-corrected chi connectivity index (χ4v) is 2.29. The molecular formula is C14H27ClN4O. The second-order valence-electron chi connectivity index (χ2n) is 5.09. The van der Waals surface area contributed by atoms with Crippen LogP contribution in [0.2, 0.25) is 5.02 Å². The van der Waals surface area contributed by atoms with Gasteiger partial charge in [-0.25, -0.2) is 0 Å². The summed E-state index contributed by atoms with van der Waals surface area (Å²) in [5.74, 6) is 0. The number of hydrogen-bond acceptors (Lipinski definition) is 4. The van der Waals surface area contributed by atoms with Crippen molar-refractivity contribution in [3.63, 3.8) is 0 Å². The van der Waals surface area contributed by atoms with Crippen LogP contribution in [0.25, 0.3) is 0 Å². The van der Waals surface area contributed by atoms with Crippen molar-refractivity contribution in [3.8, 4) is 0 Å².